The van der Waals surface area contributed by atoms with Crippen molar-refractivity contribution in [3.8, 4) is 5.75 Å². The number of halogens is 2. The monoisotopic (exact) mass is 323 g/mol. The minimum atomic E-state index is 0.178. The minimum Gasteiger partial charge on any atom is -0.491 e. The number of aryl methyl sites for hydroxylation is 1. The van der Waals surface area contributed by atoms with Crippen LogP contribution < -0.4 is 10.1 Å². The van der Waals surface area contributed by atoms with Crippen LogP contribution in [-0.2, 0) is 6.54 Å². The maximum atomic E-state index is 6.00. The zero-order chi connectivity index (χ0) is 15.4. The zero-order valence-corrected chi connectivity index (χ0v) is 13.9. The normalized spacial score (nSPS) is 10.8. The highest BCUT2D eigenvalue weighted by molar-refractivity contribution is 6.34. The van der Waals surface area contributed by atoms with E-state index in [2.05, 4.69) is 12.2 Å². The molecule has 0 aliphatic rings. The van der Waals surface area contributed by atoms with Crippen LogP contribution in [0, 0.1) is 6.92 Å². The molecule has 0 saturated heterocycles. The highest BCUT2D eigenvalue weighted by Gasteiger charge is 2.04. The lowest BCUT2D eigenvalue weighted by Crippen LogP contribution is -2.06. The average molecular weight is 324 g/mol. The summed E-state index contributed by atoms with van der Waals surface area (Å²) in [6.07, 6.45) is 0.178. The number of anilines is 1. The summed E-state index contributed by atoms with van der Waals surface area (Å²) in [4.78, 5) is 0. The lowest BCUT2D eigenvalue weighted by molar-refractivity contribution is 0.242. The van der Waals surface area contributed by atoms with Gasteiger partial charge in [0.15, 0.2) is 0 Å². The minimum absolute atomic E-state index is 0.178. The van der Waals surface area contributed by atoms with Crippen LogP contribution in [0.2, 0.25) is 10.0 Å². The van der Waals surface area contributed by atoms with E-state index < -0.39 is 0 Å². The molecule has 0 heterocycles. The molecule has 112 valence electrons. The summed E-state index contributed by atoms with van der Waals surface area (Å²) in [6, 6.07) is 11.6. The van der Waals surface area contributed by atoms with Crippen molar-refractivity contribution in [3.63, 3.8) is 0 Å². The van der Waals surface area contributed by atoms with Gasteiger partial charge in [-0.05, 0) is 68.3 Å². The smallest absolute Gasteiger partial charge is 0.120 e. The number of hydrogen-bond donors (Lipinski definition) is 1. The van der Waals surface area contributed by atoms with Crippen LogP contribution in [0.1, 0.15) is 25.0 Å². The Kier molecular flexibility index (Phi) is 5.38. The van der Waals surface area contributed by atoms with Crippen LogP contribution in [0.15, 0.2) is 36.4 Å². The number of nitrogens with one attached hydrogen (secondary N) is 1. The number of ether oxygens (including phenoxy) is 1. The van der Waals surface area contributed by atoms with Gasteiger partial charge in [0.2, 0.25) is 0 Å². The molecule has 0 radical (unpaired) electrons. The fourth-order valence-corrected chi connectivity index (χ4v) is 2.66. The van der Waals surface area contributed by atoms with Crippen LogP contribution in [-0.4, -0.2) is 6.10 Å². The van der Waals surface area contributed by atoms with Gasteiger partial charge < -0.3 is 10.1 Å². The Morgan fingerprint density at radius 2 is 1.71 bits per heavy atom. The standard InChI is InChI=1S/C17H19Cl2NO/c1-11(2)21-16-4-5-17(12(3)6-16)20-10-13-7-14(18)9-15(19)8-13/h4-9,11,20H,10H2,1-3H3. The molecule has 2 rings (SSSR count). The second kappa shape index (κ2) is 7.06. The maximum Gasteiger partial charge on any atom is 0.120 e. The summed E-state index contributed by atoms with van der Waals surface area (Å²) in [5.41, 5.74) is 3.26. The van der Waals surface area contributed by atoms with Gasteiger partial charge in [-0.25, -0.2) is 0 Å². The molecule has 21 heavy (non-hydrogen) atoms. The second-order valence-corrected chi connectivity index (χ2v) is 6.15. The van der Waals surface area contributed by atoms with Gasteiger partial charge in [-0.15, -0.1) is 0 Å². The summed E-state index contributed by atoms with van der Waals surface area (Å²) in [7, 11) is 0. The molecule has 0 spiro atoms. The van der Waals surface area contributed by atoms with E-state index in [4.69, 9.17) is 27.9 Å². The van der Waals surface area contributed by atoms with Crippen molar-refractivity contribution in [1.29, 1.82) is 0 Å². The van der Waals surface area contributed by atoms with E-state index in [1.54, 1.807) is 6.07 Å². The highest BCUT2D eigenvalue weighted by atomic mass is 35.5. The van der Waals surface area contributed by atoms with Gasteiger partial charge in [0.25, 0.3) is 0 Å². The van der Waals surface area contributed by atoms with Crippen LogP contribution in [0.5, 0.6) is 5.75 Å². The predicted molar refractivity (Wildman–Crippen MR) is 90.7 cm³/mol. The van der Waals surface area contributed by atoms with Crippen molar-refractivity contribution in [3.05, 3.63) is 57.6 Å². The van der Waals surface area contributed by atoms with E-state index >= 15 is 0 Å². The lowest BCUT2D eigenvalue weighted by atomic mass is 10.1. The fourth-order valence-electron chi connectivity index (χ4n) is 2.09. The Bertz CT molecular complexity index is 606. The summed E-state index contributed by atoms with van der Waals surface area (Å²) in [5.74, 6) is 0.888. The van der Waals surface area contributed by atoms with E-state index in [-0.39, 0.29) is 6.10 Å². The molecule has 2 aromatic carbocycles. The summed E-state index contributed by atoms with van der Waals surface area (Å²) in [6.45, 7) is 6.76. The molecule has 0 saturated carbocycles. The molecule has 0 amide bonds. The molecular weight excluding hydrogens is 305 g/mol. The van der Waals surface area contributed by atoms with Crippen molar-refractivity contribution in [2.75, 3.05) is 5.32 Å². The van der Waals surface area contributed by atoms with Gasteiger partial charge in [0.05, 0.1) is 6.10 Å². The summed E-state index contributed by atoms with van der Waals surface area (Å²) in [5, 5.41) is 4.69. The molecule has 0 fully saturated rings. The fraction of sp³-hybridized carbons (Fsp3) is 0.294. The molecule has 0 atom stereocenters. The third-order valence-electron chi connectivity index (χ3n) is 2.97. The van der Waals surface area contributed by atoms with Gasteiger partial charge in [0, 0.05) is 22.3 Å². The first-order valence-corrected chi connectivity index (χ1v) is 7.66. The van der Waals surface area contributed by atoms with Crippen LogP contribution in [0.3, 0.4) is 0 Å². The molecule has 0 aliphatic carbocycles. The van der Waals surface area contributed by atoms with E-state index in [0.29, 0.717) is 16.6 Å². The number of benzene rings is 2. The third kappa shape index (κ3) is 4.83. The quantitative estimate of drug-likeness (QED) is 0.761. The molecular formula is C17H19Cl2NO. The lowest BCUT2D eigenvalue weighted by Gasteiger charge is -2.14. The van der Waals surface area contributed by atoms with E-state index in [9.17, 15) is 0 Å². The second-order valence-electron chi connectivity index (χ2n) is 5.27. The summed E-state index contributed by atoms with van der Waals surface area (Å²) < 4.78 is 5.68. The first-order valence-electron chi connectivity index (χ1n) is 6.90. The SMILES string of the molecule is Cc1cc(OC(C)C)ccc1NCc1cc(Cl)cc(Cl)c1. The Morgan fingerprint density at radius 3 is 2.29 bits per heavy atom. The van der Waals surface area contributed by atoms with E-state index in [0.717, 1.165) is 22.6 Å². The Morgan fingerprint density at radius 1 is 1.05 bits per heavy atom. The first kappa shape index (κ1) is 16.0. The van der Waals surface area contributed by atoms with Gasteiger partial charge in [-0.3, -0.25) is 0 Å². The molecule has 2 aromatic rings. The molecule has 0 unspecified atom stereocenters. The molecule has 2 nitrogen and oxygen atoms in total. The zero-order valence-electron chi connectivity index (χ0n) is 12.4. The van der Waals surface area contributed by atoms with Crippen molar-refractivity contribution in [2.45, 2.75) is 33.4 Å². The van der Waals surface area contributed by atoms with Gasteiger partial charge in [0.1, 0.15) is 5.75 Å². The topological polar surface area (TPSA) is 21.3 Å². The molecule has 0 aromatic heterocycles. The molecule has 0 aliphatic heterocycles. The number of hydrogen-bond acceptors (Lipinski definition) is 2. The molecule has 1 N–H and O–H groups in total. The maximum absolute atomic E-state index is 6.00. The predicted octanol–water partition coefficient (Wildman–Crippen LogP) is 5.70. The van der Waals surface area contributed by atoms with Gasteiger partial charge >= 0.3 is 0 Å². The Hall–Kier alpha value is -1.38. The van der Waals surface area contributed by atoms with Crippen molar-refractivity contribution in [2.24, 2.45) is 0 Å². The van der Waals surface area contributed by atoms with Crippen molar-refractivity contribution in [1.82, 2.24) is 0 Å². The molecule has 0 bridgehead atoms. The Labute approximate surface area is 136 Å². The Balaban J connectivity index is 2.06. The number of rotatable bonds is 5. The van der Waals surface area contributed by atoms with E-state index in [1.165, 1.54) is 0 Å². The molecule has 4 heteroatoms. The van der Waals surface area contributed by atoms with Gasteiger partial charge in [-0.2, -0.15) is 0 Å². The van der Waals surface area contributed by atoms with Gasteiger partial charge in [-0.1, -0.05) is 23.2 Å². The highest BCUT2D eigenvalue weighted by Crippen LogP contribution is 2.24. The van der Waals surface area contributed by atoms with Crippen molar-refractivity contribution >= 4 is 28.9 Å². The van der Waals surface area contributed by atoms with Crippen LogP contribution in [0.25, 0.3) is 0 Å². The summed E-state index contributed by atoms with van der Waals surface area (Å²) >= 11 is 12.0. The van der Waals surface area contributed by atoms with Crippen LogP contribution in [0.4, 0.5) is 5.69 Å². The van der Waals surface area contributed by atoms with Crippen LogP contribution >= 0.6 is 23.2 Å². The largest absolute Gasteiger partial charge is 0.491 e. The van der Waals surface area contributed by atoms with Crippen molar-refractivity contribution < 1.29 is 4.74 Å². The first-order chi connectivity index (χ1) is 9.94. The third-order valence-corrected chi connectivity index (χ3v) is 3.41. The average Bonchev–Trinajstić information content (AvgIpc) is 2.36. The van der Waals surface area contributed by atoms with E-state index in [1.807, 2.05) is 44.2 Å².